The van der Waals surface area contributed by atoms with Crippen LogP contribution in [0.15, 0.2) is 42.5 Å². The Bertz CT molecular complexity index is 508. The van der Waals surface area contributed by atoms with Gasteiger partial charge in [0.25, 0.3) is 0 Å². The van der Waals surface area contributed by atoms with E-state index in [2.05, 4.69) is 0 Å². The second kappa shape index (κ2) is 5.30. The number of benzene rings is 2. The zero-order valence-corrected chi connectivity index (χ0v) is 10.5. The topological polar surface area (TPSA) is 35.2 Å². The van der Waals surface area contributed by atoms with Gasteiger partial charge in [-0.25, -0.2) is 0 Å². The number of hydrogen-bond acceptors (Lipinski definition) is 2. The van der Waals surface area contributed by atoms with E-state index < -0.39 is 0 Å². The van der Waals surface area contributed by atoms with Crippen molar-refractivity contribution >= 4 is 28.9 Å². The fourth-order valence-electron chi connectivity index (χ4n) is 1.43. The maximum atomic E-state index is 6.04. The van der Waals surface area contributed by atoms with Crippen LogP contribution in [0.25, 0.3) is 0 Å². The van der Waals surface area contributed by atoms with Crippen molar-refractivity contribution in [2.24, 2.45) is 0 Å². The molecule has 0 radical (unpaired) electrons. The fraction of sp³-hybridized carbons (Fsp3) is 0.0769. The first-order valence-corrected chi connectivity index (χ1v) is 5.83. The third-order valence-electron chi connectivity index (χ3n) is 2.30. The summed E-state index contributed by atoms with van der Waals surface area (Å²) in [5.41, 5.74) is 7.09. The van der Waals surface area contributed by atoms with Crippen LogP contribution in [0.2, 0.25) is 10.0 Å². The Kier molecular flexibility index (Phi) is 3.77. The molecule has 2 aromatic carbocycles. The SMILES string of the molecule is Nc1cccc(OCc2c(Cl)cccc2Cl)c1. The average molecular weight is 268 g/mol. The van der Waals surface area contributed by atoms with E-state index in [0.717, 1.165) is 5.56 Å². The van der Waals surface area contributed by atoms with E-state index >= 15 is 0 Å². The predicted molar refractivity (Wildman–Crippen MR) is 71.6 cm³/mol. The molecule has 0 aliphatic rings. The molecule has 0 aromatic heterocycles. The molecular formula is C13H11Cl2NO. The maximum absolute atomic E-state index is 6.04. The highest BCUT2D eigenvalue weighted by atomic mass is 35.5. The number of halogens is 2. The third-order valence-corrected chi connectivity index (χ3v) is 3.01. The molecule has 17 heavy (non-hydrogen) atoms. The Morgan fingerprint density at radius 3 is 2.29 bits per heavy atom. The van der Waals surface area contributed by atoms with Gasteiger partial charge in [-0.05, 0) is 24.3 Å². The van der Waals surface area contributed by atoms with Crippen LogP contribution in [0.4, 0.5) is 5.69 Å². The molecule has 0 atom stereocenters. The predicted octanol–water partition coefficient (Wildman–Crippen LogP) is 4.15. The number of anilines is 1. The molecule has 0 saturated carbocycles. The minimum absolute atomic E-state index is 0.321. The largest absolute Gasteiger partial charge is 0.489 e. The number of nitrogen functional groups attached to an aromatic ring is 1. The molecule has 0 spiro atoms. The molecule has 0 bridgehead atoms. The Morgan fingerprint density at radius 1 is 1.00 bits per heavy atom. The summed E-state index contributed by atoms with van der Waals surface area (Å²) in [6, 6.07) is 12.6. The van der Waals surface area contributed by atoms with Crippen LogP contribution in [0.3, 0.4) is 0 Å². The number of nitrogens with two attached hydrogens (primary N) is 1. The smallest absolute Gasteiger partial charge is 0.121 e. The molecule has 0 amide bonds. The van der Waals surface area contributed by atoms with Crippen molar-refractivity contribution in [3.8, 4) is 5.75 Å². The summed E-state index contributed by atoms with van der Waals surface area (Å²) in [6.45, 7) is 0.321. The lowest BCUT2D eigenvalue weighted by Crippen LogP contribution is -1.97. The molecule has 0 saturated heterocycles. The normalized spacial score (nSPS) is 10.2. The van der Waals surface area contributed by atoms with Crippen LogP contribution in [0.1, 0.15) is 5.56 Å². The van der Waals surface area contributed by atoms with Crippen LogP contribution in [-0.4, -0.2) is 0 Å². The van der Waals surface area contributed by atoms with Gasteiger partial charge in [0.2, 0.25) is 0 Å². The molecule has 4 heteroatoms. The zero-order valence-electron chi connectivity index (χ0n) is 8.99. The molecule has 2 aromatic rings. The van der Waals surface area contributed by atoms with Crippen molar-refractivity contribution in [2.75, 3.05) is 5.73 Å². The van der Waals surface area contributed by atoms with Gasteiger partial charge in [0.1, 0.15) is 12.4 Å². The van der Waals surface area contributed by atoms with Gasteiger partial charge in [0.05, 0.1) is 0 Å². The van der Waals surface area contributed by atoms with Gasteiger partial charge >= 0.3 is 0 Å². The Balaban J connectivity index is 2.13. The van der Waals surface area contributed by atoms with E-state index in [1.807, 2.05) is 12.1 Å². The van der Waals surface area contributed by atoms with Gasteiger partial charge in [-0.15, -0.1) is 0 Å². The quantitative estimate of drug-likeness (QED) is 0.848. The van der Waals surface area contributed by atoms with Crippen molar-refractivity contribution in [1.82, 2.24) is 0 Å². The molecule has 88 valence electrons. The lowest BCUT2D eigenvalue weighted by molar-refractivity contribution is 0.306. The molecule has 0 unspecified atom stereocenters. The molecule has 0 heterocycles. The van der Waals surface area contributed by atoms with E-state index in [-0.39, 0.29) is 0 Å². The summed E-state index contributed by atoms with van der Waals surface area (Å²) in [5.74, 6) is 0.695. The summed E-state index contributed by atoms with van der Waals surface area (Å²) in [6.07, 6.45) is 0. The van der Waals surface area contributed by atoms with Crippen LogP contribution < -0.4 is 10.5 Å². The number of hydrogen-bond donors (Lipinski definition) is 1. The van der Waals surface area contributed by atoms with Crippen LogP contribution >= 0.6 is 23.2 Å². The highest BCUT2D eigenvalue weighted by Gasteiger charge is 2.06. The van der Waals surface area contributed by atoms with Gasteiger partial charge in [0.15, 0.2) is 0 Å². The van der Waals surface area contributed by atoms with Gasteiger partial charge in [-0.2, -0.15) is 0 Å². The lowest BCUT2D eigenvalue weighted by atomic mass is 10.2. The van der Waals surface area contributed by atoms with Crippen molar-refractivity contribution in [3.05, 3.63) is 58.1 Å². The summed E-state index contributed by atoms with van der Waals surface area (Å²) in [5, 5.41) is 1.20. The summed E-state index contributed by atoms with van der Waals surface area (Å²) < 4.78 is 5.59. The molecule has 0 aliphatic heterocycles. The molecule has 2 nitrogen and oxygen atoms in total. The Morgan fingerprint density at radius 2 is 1.65 bits per heavy atom. The van der Waals surface area contributed by atoms with Crippen molar-refractivity contribution < 1.29 is 4.74 Å². The van der Waals surface area contributed by atoms with Gasteiger partial charge in [0, 0.05) is 27.4 Å². The van der Waals surface area contributed by atoms with Crippen molar-refractivity contribution in [3.63, 3.8) is 0 Å². The molecule has 2 N–H and O–H groups in total. The molecule has 0 fully saturated rings. The fourth-order valence-corrected chi connectivity index (χ4v) is 1.94. The average Bonchev–Trinajstić information content (AvgIpc) is 2.28. The standard InChI is InChI=1S/C13H11Cl2NO/c14-12-5-2-6-13(15)11(12)8-17-10-4-1-3-9(16)7-10/h1-7H,8,16H2. The molecule has 0 aliphatic carbocycles. The first-order chi connectivity index (χ1) is 8.16. The third kappa shape index (κ3) is 3.05. The summed E-state index contributed by atoms with van der Waals surface area (Å²) >= 11 is 12.1. The number of rotatable bonds is 3. The molecule has 2 rings (SSSR count). The van der Waals surface area contributed by atoms with E-state index in [4.69, 9.17) is 33.7 Å². The Hall–Kier alpha value is -1.38. The molecular weight excluding hydrogens is 257 g/mol. The summed E-state index contributed by atoms with van der Waals surface area (Å²) in [7, 11) is 0. The summed E-state index contributed by atoms with van der Waals surface area (Å²) in [4.78, 5) is 0. The maximum Gasteiger partial charge on any atom is 0.121 e. The first-order valence-electron chi connectivity index (χ1n) is 5.08. The lowest BCUT2D eigenvalue weighted by Gasteiger charge is -2.09. The highest BCUT2D eigenvalue weighted by Crippen LogP contribution is 2.26. The minimum Gasteiger partial charge on any atom is -0.489 e. The van der Waals surface area contributed by atoms with Crippen LogP contribution in [-0.2, 0) is 6.61 Å². The van der Waals surface area contributed by atoms with E-state index in [0.29, 0.717) is 28.1 Å². The van der Waals surface area contributed by atoms with E-state index in [1.165, 1.54) is 0 Å². The van der Waals surface area contributed by atoms with Gasteiger partial charge in [-0.3, -0.25) is 0 Å². The van der Waals surface area contributed by atoms with E-state index in [9.17, 15) is 0 Å². The van der Waals surface area contributed by atoms with Crippen molar-refractivity contribution in [1.29, 1.82) is 0 Å². The zero-order chi connectivity index (χ0) is 12.3. The van der Waals surface area contributed by atoms with Crippen LogP contribution in [0, 0.1) is 0 Å². The van der Waals surface area contributed by atoms with Crippen molar-refractivity contribution in [2.45, 2.75) is 6.61 Å². The number of ether oxygens (including phenoxy) is 1. The highest BCUT2D eigenvalue weighted by molar-refractivity contribution is 6.35. The second-order valence-corrected chi connectivity index (χ2v) is 4.38. The van der Waals surface area contributed by atoms with Gasteiger partial charge in [-0.1, -0.05) is 35.3 Å². The minimum atomic E-state index is 0.321. The first kappa shape index (κ1) is 12.1. The Labute approximate surface area is 110 Å². The van der Waals surface area contributed by atoms with Gasteiger partial charge < -0.3 is 10.5 Å². The van der Waals surface area contributed by atoms with Crippen LogP contribution in [0.5, 0.6) is 5.75 Å². The second-order valence-electron chi connectivity index (χ2n) is 3.56. The van der Waals surface area contributed by atoms with E-state index in [1.54, 1.807) is 30.3 Å². The monoisotopic (exact) mass is 267 g/mol.